The Morgan fingerprint density at radius 3 is 2.58 bits per heavy atom. The molecule has 1 saturated heterocycles. The highest BCUT2D eigenvalue weighted by molar-refractivity contribution is 5.67. The predicted molar refractivity (Wildman–Crippen MR) is 71.9 cm³/mol. The van der Waals surface area contributed by atoms with Crippen molar-refractivity contribution in [1.82, 2.24) is 4.90 Å². The van der Waals surface area contributed by atoms with Crippen molar-refractivity contribution in [3.05, 3.63) is 12.7 Å². The SMILES string of the molecule is C=CCOC(=O)N1CCC(CCCCC(=O)O)CC1. The summed E-state index contributed by atoms with van der Waals surface area (Å²) in [4.78, 5) is 23.7. The van der Waals surface area contributed by atoms with Crippen LogP contribution in [-0.4, -0.2) is 41.8 Å². The Bertz CT molecular complexity index is 309. The first-order chi connectivity index (χ1) is 9.13. The summed E-state index contributed by atoms with van der Waals surface area (Å²) in [7, 11) is 0. The molecule has 1 N–H and O–H groups in total. The van der Waals surface area contributed by atoms with E-state index in [-0.39, 0.29) is 19.1 Å². The maximum atomic E-state index is 11.6. The van der Waals surface area contributed by atoms with Gasteiger partial charge in [-0.2, -0.15) is 0 Å². The Balaban J connectivity index is 2.12. The first kappa shape index (κ1) is 15.5. The summed E-state index contributed by atoms with van der Waals surface area (Å²) in [5.74, 6) is -0.114. The van der Waals surface area contributed by atoms with Gasteiger partial charge in [0.2, 0.25) is 0 Å². The highest BCUT2D eigenvalue weighted by Gasteiger charge is 2.23. The van der Waals surface area contributed by atoms with E-state index >= 15 is 0 Å². The van der Waals surface area contributed by atoms with Gasteiger partial charge in [-0.3, -0.25) is 4.79 Å². The van der Waals surface area contributed by atoms with Crippen LogP contribution in [0.4, 0.5) is 4.79 Å². The fourth-order valence-electron chi connectivity index (χ4n) is 2.33. The lowest BCUT2D eigenvalue weighted by molar-refractivity contribution is -0.137. The second-order valence-electron chi connectivity index (χ2n) is 4.94. The number of aliphatic carboxylic acids is 1. The van der Waals surface area contributed by atoms with Crippen molar-refractivity contribution in [2.24, 2.45) is 5.92 Å². The minimum Gasteiger partial charge on any atom is -0.481 e. The molecule has 0 radical (unpaired) electrons. The Kier molecular flexibility index (Phi) is 7.00. The van der Waals surface area contributed by atoms with Gasteiger partial charge in [-0.05, 0) is 25.2 Å². The van der Waals surface area contributed by atoms with Crippen LogP contribution in [0.3, 0.4) is 0 Å². The van der Waals surface area contributed by atoms with Gasteiger partial charge in [0.05, 0.1) is 0 Å². The van der Waals surface area contributed by atoms with Gasteiger partial charge in [-0.25, -0.2) is 4.79 Å². The van der Waals surface area contributed by atoms with Crippen molar-refractivity contribution in [1.29, 1.82) is 0 Å². The van der Waals surface area contributed by atoms with Crippen LogP contribution in [0.15, 0.2) is 12.7 Å². The van der Waals surface area contributed by atoms with Crippen molar-refractivity contribution in [3.63, 3.8) is 0 Å². The predicted octanol–water partition coefficient (Wildman–Crippen LogP) is 2.67. The highest BCUT2D eigenvalue weighted by atomic mass is 16.6. The summed E-state index contributed by atoms with van der Waals surface area (Å²) in [6.45, 7) is 5.24. The molecule has 1 heterocycles. The van der Waals surface area contributed by atoms with Crippen LogP contribution in [0.2, 0.25) is 0 Å². The van der Waals surface area contributed by atoms with Crippen molar-refractivity contribution in [2.45, 2.75) is 38.5 Å². The molecule has 0 saturated carbocycles. The molecule has 0 unspecified atom stereocenters. The van der Waals surface area contributed by atoms with Crippen LogP contribution < -0.4 is 0 Å². The zero-order chi connectivity index (χ0) is 14.1. The molecular formula is C14H23NO4. The van der Waals surface area contributed by atoms with E-state index in [0.29, 0.717) is 5.92 Å². The topological polar surface area (TPSA) is 66.8 Å². The second kappa shape index (κ2) is 8.56. The molecule has 1 aliphatic heterocycles. The Morgan fingerprint density at radius 1 is 1.32 bits per heavy atom. The second-order valence-corrected chi connectivity index (χ2v) is 4.94. The molecule has 1 rings (SSSR count). The molecule has 0 spiro atoms. The average Bonchev–Trinajstić information content (AvgIpc) is 2.41. The third kappa shape index (κ3) is 6.27. The van der Waals surface area contributed by atoms with Crippen molar-refractivity contribution in [3.8, 4) is 0 Å². The summed E-state index contributed by atoms with van der Waals surface area (Å²) in [5.41, 5.74) is 0. The minimum atomic E-state index is -0.722. The normalized spacial score (nSPS) is 16.1. The lowest BCUT2D eigenvalue weighted by Crippen LogP contribution is -2.38. The van der Waals surface area contributed by atoms with Gasteiger partial charge in [-0.15, -0.1) is 0 Å². The number of piperidine rings is 1. The third-order valence-corrected chi connectivity index (χ3v) is 3.45. The van der Waals surface area contributed by atoms with Gasteiger partial charge in [0, 0.05) is 19.5 Å². The van der Waals surface area contributed by atoms with Crippen molar-refractivity contribution < 1.29 is 19.4 Å². The van der Waals surface area contributed by atoms with E-state index in [4.69, 9.17) is 9.84 Å². The number of carbonyl (C=O) groups excluding carboxylic acids is 1. The maximum Gasteiger partial charge on any atom is 0.410 e. The molecule has 5 heteroatoms. The van der Waals surface area contributed by atoms with Gasteiger partial charge in [0.25, 0.3) is 0 Å². The van der Waals surface area contributed by atoms with Crippen molar-refractivity contribution >= 4 is 12.1 Å². The van der Waals surface area contributed by atoms with E-state index < -0.39 is 5.97 Å². The van der Waals surface area contributed by atoms with Gasteiger partial charge >= 0.3 is 12.1 Å². The van der Waals surface area contributed by atoms with Crippen molar-refractivity contribution in [2.75, 3.05) is 19.7 Å². The Labute approximate surface area is 114 Å². The van der Waals surface area contributed by atoms with Crippen LogP contribution in [0.1, 0.15) is 38.5 Å². The van der Waals surface area contributed by atoms with E-state index in [9.17, 15) is 9.59 Å². The van der Waals surface area contributed by atoms with E-state index in [1.807, 2.05) is 0 Å². The number of carbonyl (C=O) groups is 2. The van der Waals surface area contributed by atoms with Crippen LogP contribution in [0.25, 0.3) is 0 Å². The summed E-state index contributed by atoms with van der Waals surface area (Å²) in [5, 5.41) is 8.55. The standard InChI is InChI=1S/C14H23NO4/c1-2-11-19-14(18)15-9-7-12(8-10-15)5-3-4-6-13(16)17/h2,12H,1,3-11H2,(H,16,17). The van der Waals surface area contributed by atoms with Gasteiger partial charge in [0.15, 0.2) is 0 Å². The number of nitrogens with zero attached hydrogens (tertiary/aromatic N) is 1. The lowest BCUT2D eigenvalue weighted by Gasteiger charge is -2.31. The average molecular weight is 269 g/mol. The number of ether oxygens (including phenoxy) is 1. The van der Waals surface area contributed by atoms with E-state index in [2.05, 4.69) is 6.58 Å². The molecule has 0 aromatic carbocycles. The van der Waals surface area contributed by atoms with Gasteiger partial charge in [0.1, 0.15) is 6.61 Å². The van der Waals surface area contributed by atoms with E-state index in [0.717, 1.165) is 45.2 Å². The molecule has 0 aromatic heterocycles. The third-order valence-electron chi connectivity index (χ3n) is 3.45. The molecule has 108 valence electrons. The molecule has 0 atom stereocenters. The number of hydrogen-bond donors (Lipinski definition) is 1. The number of hydrogen-bond acceptors (Lipinski definition) is 3. The quantitative estimate of drug-likeness (QED) is 0.570. The molecule has 0 aliphatic carbocycles. The molecule has 1 fully saturated rings. The fourth-order valence-corrected chi connectivity index (χ4v) is 2.33. The highest BCUT2D eigenvalue weighted by Crippen LogP contribution is 2.23. The fraction of sp³-hybridized carbons (Fsp3) is 0.714. The molecule has 0 bridgehead atoms. The Hall–Kier alpha value is -1.52. The summed E-state index contributed by atoms with van der Waals surface area (Å²) in [6, 6.07) is 0. The largest absolute Gasteiger partial charge is 0.481 e. The number of unbranched alkanes of at least 4 members (excludes halogenated alkanes) is 1. The van der Waals surface area contributed by atoms with Gasteiger partial charge < -0.3 is 14.7 Å². The smallest absolute Gasteiger partial charge is 0.410 e. The zero-order valence-corrected chi connectivity index (χ0v) is 11.3. The number of rotatable bonds is 7. The molecule has 0 aromatic rings. The zero-order valence-electron chi connectivity index (χ0n) is 11.3. The molecule has 5 nitrogen and oxygen atoms in total. The monoisotopic (exact) mass is 269 g/mol. The lowest BCUT2D eigenvalue weighted by atomic mass is 9.91. The number of carboxylic acid groups (broad SMARTS) is 1. The molecule has 19 heavy (non-hydrogen) atoms. The van der Waals surface area contributed by atoms with E-state index in [1.54, 1.807) is 11.0 Å². The molecular weight excluding hydrogens is 246 g/mol. The first-order valence-corrected chi connectivity index (χ1v) is 6.88. The minimum absolute atomic E-state index is 0.257. The van der Waals surface area contributed by atoms with Crippen LogP contribution >= 0.6 is 0 Å². The van der Waals surface area contributed by atoms with Crippen LogP contribution in [-0.2, 0) is 9.53 Å². The summed E-state index contributed by atoms with van der Waals surface area (Å²) >= 11 is 0. The first-order valence-electron chi connectivity index (χ1n) is 6.88. The van der Waals surface area contributed by atoms with Crippen LogP contribution in [0, 0.1) is 5.92 Å². The molecule has 1 amide bonds. The summed E-state index contributed by atoms with van der Waals surface area (Å²) < 4.78 is 4.99. The number of amides is 1. The van der Waals surface area contributed by atoms with Crippen LogP contribution in [0.5, 0.6) is 0 Å². The Morgan fingerprint density at radius 2 is 2.00 bits per heavy atom. The summed E-state index contributed by atoms with van der Waals surface area (Å²) in [6.07, 6.45) is 6.29. The maximum absolute atomic E-state index is 11.6. The molecule has 1 aliphatic rings. The van der Waals surface area contributed by atoms with E-state index in [1.165, 1.54) is 0 Å². The number of likely N-dealkylation sites (tertiary alicyclic amines) is 1. The number of carboxylic acids is 1. The van der Waals surface area contributed by atoms with Gasteiger partial charge in [-0.1, -0.05) is 25.5 Å².